The maximum atomic E-state index is 2.12. The Morgan fingerprint density at radius 2 is 2.00 bits per heavy atom. The van der Waals surface area contributed by atoms with Crippen LogP contribution in [0.3, 0.4) is 0 Å². The van der Waals surface area contributed by atoms with Crippen molar-refractivity contribution in [3.63, 3.8) is 0 Å². The number of unbranched alkanes of at least 4 members (excludes halogenated alkanes) is 1. The van der Waals surface area contributed by atoms with Gasteiger partial charge in [-0.2, -0.15) is 0 Å². The van der Waals surface area contributed by atoms with E-state index in [1.54, 1.807) is 0 Å². The van der Waals surface area contributed by atoms with Gasteiger partial charge in [0.05, 0.1) is 0 Å². The van der Waals surface area contributed by atoms with E-state index in [0.29, 0.717) is 0 Å². The molecule has 0 aliphatic rings. The van der Waals surface area contributed by atoms with Gasteiger partial charge in [-0.3, -0.25) is 0 Å². The summed E-state index contributed by atoms with van der Waals surface area (Å²) in [5.41, 5.74) is 0. The van der Waals surface area contributed by atoms with E-state index in [0.717, 1.165) is 6.42 Å². The fraction of sp³-hybridized carbons (Fsp3) is 0.500. The lowest BCUT2D eigenvalue weighted by atomic mass is 10.3. The second kappa shape index (κ2) is 4.74. The van der Waals surface area contributed by atoms with E-state index >= 15 is 0 Å². The summed E-state index contributed by atoms with van der Waals surface area (Å²) in [6, 6.07) is 0. The van der Waals surface area contributed by atoms with Crippen molar-refractivity contribution in [3.05, 3.63) is 18.6 Å². The highest BCUT2D eigenvalue weighted by molar-refractivity contribution is 4.81. The van der Waals surface area contributed by atoms with E-state index in [9.17, 15) is 0 Å². The molecule has 0 aromatic rings. The van der Waals surface area contributed by atoms with Crippen molar-refractivity contribution in [3.8, 4) is 0 Å². The molecule has 0 atom stereocenters. The Kier molecular flexibility index (Phi) is 4.53. The average Bonchev–Trinajstić information content (AvgIpc) is 1.61. The first-order chi connectivity index (χ1) is 2.91. The average molecular weight is 83.2 g/mol. The first-order valence-corrected chi connectivity index (χ1v) is 2.30. The molecule has 0 amide bonds. The van der Waals surface area contributed by atoms with Gasteiger partial charge in [0.25, 0.3) is 0 Å². The van der Waals surface area contributed by atoms with Gasteiger partial charge in [-0.05, 0) is 19.8 Å². The summed E-state index contributed by atoms with van der Waals surface area (Å²) in [5.74, 6) is 0. The van der Waals surface area contributed by atoms with Crippen molar-refractivity contribution in [1.29, 1.82) is 0 Å². The lowest BCUT2D eigenvalue weighted by Crippen LogP contribution is -1.57. The van der Waals surface area contributed by atoms with Crippen LogP contribution in [0.5, 0.6) is 0 Å². The standard InChI is InChI=1S/C6H11/c1-3-5-6-4-2/h3-5H,6H2,1-2H3/b5-3+. The minimum absolute atomic E-state index is 1.11. The second-order valence-electron chi connectivity index (χ2n) is 1.21. The fourth-order valence-corrected chi connectivity index (χ4v) is 0.272. The molecule has 0 spiro atoms. The molecule has 0 saturated carbocycles. The van der Waals surface area contributed by atoms with Crippen molar-refractivity contribution in [2.75, 3.05) is 0 Å². The maximum absolute atomic E-state index is 2.12. The molecule has 0 aliphatic carbocycles. The Morgan fingerprint density at radius 1 is 1.33 bits per heavy atom. The van der Waals surface area contributed by atoms with Gasteiger partial charge >= 0.3 is 0 Å². The van der Waals surface area contributed by atoms with Gasteiger partial charge in [-0.15, -0.1) is 0 Å². The predicted octanol–water partition coefficient (Wildman–Crippen LogP) is 2.18. The molecule has 0 heteroatoms. The first-order valence-electron chi connectivity index (χ1n) is 2.30. The Labute approximate surface area is 39.9 Å². The second-order valence-corrected chi connectivity index (χ2v) is 1.21. The van der Waals surface area contributed by atoms with Gasteiger partial charge < -0.3 is 0 Å². The van der Waals surface area contributed by atoms with Crippen LogP contribution in [0.2, 0.25) is 0 Å². The van der Waals surface area contributed by atoms with Crippen molar-refractivity contribution < 1.29 is 0 Å². The van der Waals surface area contributed by atoms with E-state index in [2.05, 4.69) is 25.5 Å². The van der Waals surface area contributed by atoms with Gasteiger partial charge in [0, 0.05) is 0 Å². The third kappa shape index (κ3) is 3.74. The van der Waals surface area contributed by atoms with Crippen LogP contribution in [0.1, 0.15) is 20.3 Å². The van der Waals surface area contributed by atoms with Crippen molar-refractivity contribution >= 4 is 0 Å². The molecule has 35 valence electrons. The van der Waals surface area contributed by atoms with E-state index < -0.39 is 0 Å². The normalized spacial score (nSPS) is 10.3. The van der Waals surface area contributed by atoms with Gasteiger partial charge in [0.2, 0.25) is 0 Å². The highest BCUT2D eigenvalue weighted by atomic mass is 13.7. The summed E-state index contributed by atoms with van der Waals surface area (Å²) >= 11 is 0. The Balaban J connectivity index is 2.66. The molecule has 0 N–H and O–H groups in total. The molecule has 0 fully saturated rings. The van der Waals surface area contributed by atoms with Crippen LogP contribution >= 0.6 is 0 Å². The lowest BCUT2D eigenvalue weighted by Gasteiger charge is -1.75. The zero-order valence-electron chi connectivity index (χ0n) is 4.44. The van der Waals surface area contributed by atoms with Crippen LogP contribution in [-0.4, -0.2) is 0 Å². The van der Waals surface area contributed by atoms with Gasteiger partial charge in [-0.25, -0.2) is 0 Å². The van der Waals surface area contributed by atoms with E-state index in [-0.39, 0.29) is 0 Å². The van der Waals surface area contributed by atoms with Crippen LogP contribution in [-0.2, 0) is 0 Å². The molecule has 6 heavy (non-hydrogen) atoms. The van der Waals surface area contributed by atoms with E-state index in [4.69, 9.17) is 0 Å². The number of hydrogen-bond donors (Lipinski definition) is 0. The van der Waals surface area contributed by atoms with Crippen molar-refractivity contribution in [2.24, 2.45) is 0 Å². The quantitative estimate of drug-likeness (QED) is 0.449. The molecule has 0 unspecified atom stereocenters. The lowest BCUT2D eigenvalue weighted by molar-refractivity contribution is 1.21. The molecule has 0 aliphatic heterocycles. The first kappa shape index (κ1) is 5.74. The molecule has 0 bridgehead atoms. The van der Waals surface area contributed by atoms with Crippen molar-refractivity contribution in [1.82, 2.24) is 0 Å². The van der Waals surface area contributed by atoms with Gasteiger partial charge in [-0.1, -0.05) is 19.1 Å². The van der Waals surface area contributed by atoms with E-state index in [1.807, 2.05) is 6.92 Å². The van der Waals surface area contributed by atoms with Crippen LogP contribution in [0.25, 0.3) is 0 Å². The Morgan fingerprint density at radius 3 is 2.17 bits per heavy atom. The third-order valence-electron chi connectivity index (χ3n) is 0.607. The molecular weight excluding hydrogens is 72.1 g/mol. The van der Waals surface area contributed by atoms with Crippen LogP contribution < -0.4 is 0 Å². The summed E-state index contributed by atoms with van der Waals surface area (Å²) in [6.45, 7) is 4.09. The monoisotopic (exact) mass is 83.1 g/mol. The molecule has 0 aromatic heterocycles. The van der Waals surface area contributed by atoms with Gasteiger partial charge in [0.1, 0.15) is 0 Å². The maximum Gasteiger partial charge on any atom is -0.0322 e. The van der Waals surface area contributed by atoms with Crippen LogP contribution in [0.4, 0.5) is 0 Å². The Bertz CT molecular complexity index is 35.3. The minimum Gasteiger partial charge on any atom is -0.0917 e. The van der Waals surface area contributed by atoms with E-state index in [1.165, 1.54) is 0 Å². The zero-order valence-corrected chi connectivity index (χ0v) is 4.44. The summed E-state index contributed by atoms with van der Waals surface area (Å²) in [5, 5.41) is 0. The summed E-state index contributed by atoms with van der Waals surface area (Å²) in [7, 11) is 0. The molecule has 0 heterocycles. The molecule has 0 rings (SSSR count). The largest absolute Gasteiger partial charge is 0.0917 e. The fourth-order valence-electron chi connectivity index (χ4n) is 0.272. The van der Waals surface area contributed by atoms with Crippen LogP contribution in [0, 0.1) is 6.42 Å². The zero-order chi connectivity index (χ0) is 4.83. The van der Waals surface area contributed by atoms with Crippen molar-refractivity contribution in [2.45, 2.75) is 20.3 Å². The van der Waals surface area contributed by atoms with Gasteiger partial charge in [0.15, 0.2) is 0 Å². The minimum atomic E-state index is 1.11. The summed E-state index contributed by atoms with van der Waals surface area (Å²) in [4.78, 5) is 0. The topological polar surface area (TPSA) is 0 Å². The molecule has 1 radical (unpaired) electrons. The third-order valence-corrected chi connectivity index (χ3v) is 0.607. The molecular formula is C6H11. The molecule has 0 aromatic carbocycles. The highest BCUT2D eigenvalue weighted by Gasteiger charge is 1.65. The number of hydrogen-bond acceptors (Lipinski definition) is 0. The number of rotatable bonds is 2. The molecule has 0 nitrogen and oxygen atoms in total. The summed E-state index contributed by atoms with van der Waals surface area (Å²) in [6.07, 6.45) is 7.41. The smallest absolute Gasteiger partial charge is 0.0322 e. The SMILES string of the molecule is C[CH]C/C=C/C. The molecule has 0 saturated heterocycles. The van der Waals surface area contributed by atoms with Crippen LogP contribution in [0.15, 0.2) is 12.2 Å². The Hall–Kier alpha value is -0.260. The predicted molar refractivity (Wildman–Crippen MR) is 29.4 cm³/mol. The number of allylic oxidation sites excluding steroid dienone is 2. The summed E-state index contributed by atoms with van der Waals surface area (Å²) < 4.78 is 0. The highest BCUT2D eigenvalue weighted by Crippen LogP contribution is 1.83.